The molecule has 1 saturated heterocycles. The number of thioether (sulfide) groups is 1. The van der Waals surface area contributed by atoms with E-state index in [0.717, 1.165) is 39.8 Å². The zero-order chi connectivity index (χ0) is 21.6. The zero-order valence-corrected chi connectivity index (χ0v) is 19.0. The lowest BCUT2D eigenvalue weighted by atomic mass is 10.0. The van der Waals surface area contributed by atoms with Gasteiger partial charge in [0.1, 0.15) is 0 Å². The first-order valence-electron chi connectivity index (χ1n) is 10.8. The lowest BCUT2D eigenvalue weighted by Gasteiger charge is -2.26. The second-order valence-electron chi connectivity index (χ2n) is 7.94. The summed E-state index contributed by atoms with van der Waals surface area (Å²) in [6.07, 6.45) is 1.41. The molecule has 1 aromatic heterocycles. The van der Waals surface area contributed by atoms with Crippen molar-refractivity contribution in [3.63, 3.8) is 0 Å². The molecule has 31 heavy (non-hydrogen) atoms. The van der Waals surface area contributed by atoms with Crippen LogP contribution in [-0.2, 0) is 9.53 Å². The molecule has 4 rings (SSSR count). The number of nitrogens with one attached hydrogen (secondary N) is 1. The van der Waals surface area contributed by atoms with E-state index < -0.39 is 0 Å². The third-order valence-corrected chi connectivity index (χ3v) is 6.44. The summed E-state index contributed by atoms with van der Waals surface area (Å²) in [6, 6.07) is 17.0. The van der Waals surface area contributed by atoms with Gasteiger partial charge in [0.15, 0.2) is 5.16 Å². The fourth-order valence-corrected chi connectivity index (χ4v) is 4.44. The summed E-state index contributed by atoms with van der Waals surface area (Å²) < 4.78 is 5.32. The number of H-pyrrole nitrogens is 1. The number of aryl methyl sites for hydroxylation is 2. The Morgan fingerprint density at radius 1 is 1.00 bits per heavy atom. The molecule has 5 nitrogen and oxygen atoms in total. The predicted octanol–water partition coefficient (Wildman–Crippen LogP) is 5.09. The highest BCUT2D eigenvalue weighted by molar-refractivity contribution is 7.99. The van der Waals surface area contributed by atoms with Gasteiger partial charge in [0.05, 0.1) is 24.6 Å². The topological polar surface area (TPSA) is 58.2 Å². The number of ether oxygens (including phenoxy) is 1. The number of rotatable bonds is 7. The smallest absolute Gasteiger partial charge is 0.222 e. The first-order chi connectivity index (χ1) is 15.1. The molecule has 0 radical (unpaired) electrons. The average molecular weight is 436 g/mol. The zero-order valence-electron chi connectivity index (χ0n) is 18.2. The van der Waals surface area contributed by atoms with Gasteiger partial charge < -0.3 is 14.6 Å². The maximum absolute atomic E-state index is 12.3. The fraction of sp³-hybridized carbons (Fsp3) is 0.360. The molecule has 0 unspecified atom stereocenters. The van der Waals surface area contributed by atoms with E-state index in [9.17, 15) is 4.79 Å². The van der Waals surface area contributed by atoms with Crippen molar-refractivity contribution in [2.75, 3.05) is 32.1 Å². The Kier molecular flexibility index (Phi) is 7.10. The SMILES string of the molecule is Cc1ccc(-c2nc(SCCCC(=O)N3CCOCC3)[nH]c2-c2ccc(C)cc2)cc1. The number of nitrogens with zero attached hydrogens (tertiary/aromatic N) is 2. The highest BCUT2D eigenvalue weighted by Gasteiger charge is 2.17. The molecule has 1 aliphatic rings. The minimum Gasteiger partial charge on any atom is -0.378 e. The van der Waals surface area contributed by atoms with Crippen molar-refractivity contribution >= 4 is 17.7 Å². The summed E-state index contributed by atoms with van der Waals surface area (Å²) in [6.45, 7) is 6.91. The van der Waals surface area contributed by atoms with Crippen LogP contribution in [-0.4, -0.2) is 52.8 Å². The second kappa shape index (κ2) is 10.2. The predicted molar refractivity (Wildman–Crippen MR) is 126 cm³/mol. The summed E-state index contributed by atoms with van der Waals surface area (Å²) in [5.41, 5.74) is 6.71. The molecule has 162 valence electrons. The Labute approximate surface area is 188 Å². The van der Waals surface area contributed by atoms with Crippen molar-refractivity contribution in [2.24, 2.45) is 0 Å². The van der Waals surface area contributed by atoms with Gasteiger partial charge in [-0.3, -0.25) is 4.79 Å². The van der Waals surface area contributed by atoms with Gasteiger partial charge in [-0.2, -0.15) is 0 Å². The van der Waals surface area contributed by atoms with Crippen molar-refractivity contribution in [2.45, 2.75) is 31.8 Å². The third-order valence-electron chi connectivity index (χ3n) is 5.48. The minimum absolute atomic E-state index is 0.226. The lowest BCUT2D eigenvalue weighted by molar-refractivity contribution is -0.135. The summed E-state index contributed by atoms with van der Waals surface area (Å²) >= 11 is 1.68. The van der Waals surface area contributed by atoms with Crippen molar-refractivity contribution < 1.29 is 9.53 Å². The van der Waals surface area contributed by atoms with Gasteiger partial charge in [0, 0.05) is 36.4 Å². The van der Waals surface area contributed by atoms with Crippen LogP contribution in [0.2, 0.25) is 0 Å². The van der Waals surface area contributed by atoms with E-state index in [1.54, 1.807) is 11.8 Å². The molecule has 1 fully saturated rings. The molecule has 0 aliphatic carbocycles. The van der Waals surface area contributed by atoms with E-state index >= 15 is 0 Å². The fourth-order valence-electron chi connectivity index (χ4n) is 3.63. The Balaban J connectivity index is 1.45. The van der Waals surface area contributed by atoms with Gasteiger partial charge in [0.25, 0.3) is 0 Å². The molecule has 3 aromatic rings. The second-order valence-corrected chi connectivity index (χ2v) is 9.03. The largest absolute Gasteiger partial charge is 0.378 e. The molecule has 1 aliphatic heterocycles. The van der Waals surface area contributed by atoms with Crippen LogP contribution in [0.15, 0.2) is 53.7 Å². The number of carbonyl (C=O) groups is 1. The van der Waals surface area contributed by atoms with E-state index in [-0.39, 0.29) is 5.91 Å². The first kappa shape index (κ1) is 21.7. The van der Waals surface area contributed by atoms with E-state index in [4.69, 9.17) is 9.72 Å². The Bertz CT molecular complexity index is 943. The van der Waals surface area contributed by atoms with Gasteiger partial charge in [-0.25, -0.2) is 4.98 Å². The van der Waals surface area contributed by atoms with Crippen LogP contribution in [0, 0.1) is 13.8 Å². The molecule has 1 N–H and O–H groups in total. The van der Waals surface area contributed by atoms with Gasteiger partial charge >= 0.3 is 0 Å². The number of amides is 1. The summed E-state index contributed by atoms with van der Waals surface area (Å²) in [7, 11) is 0. The standard InChI is InChI=1S/C25H29N3O2S/c1-18-5-9-20(10-6-18)23-24(21-11-7-19(2)8-12-21)27-25(26-23)31-17-3-4-22(29)28-13-15-30-16-14-28/h5-12H,3-4,13-17H2,1-2H3,(H,26,27). The van der Waals surface area contributed by atoms with Gasteiger partial charge in [-0.1, -0.05) is 71.4 Å². The van der Waals surface area contributed by atoms with E-state index in [2.05, 4.69) is 67.4 Å². The first-order valence-corrected chi connectivity index (χ1v) is 11.8. The number of benzene rings is 2. The van der Waals surface area contributed by atoms with Crippen molar-refractivity contribution in [1.29, 1.82) is 0 Å². The van der Waals surface area contributed by atoms with Crippen LogP contribution in [0.1, 0.15) is 24.0 Å². The highest BCUT2D eigenvalue weighted by atomic mass is 32.2. The number of morpholine rings is 1. The number of hydrogen-bond acceptors (Lipinski definition) is 4. The molecule has 2 aromatic carbocycles. The Morgan fingerprint density at radius 2 is 1.61 bits per heavy atom. The summed E-state index contributed by atoms with van der Waals surface area (Å²) in [4.78, 5) is 22.7. The van der Waals surface area contributed by atoms with Gasteiger partial charge in [0.2, 0.25) is 5.91 Å². The monoisotopic (exact) mass is 435 g/mol. The van der Waals surface area contributed by atoms with Crippen LogP contribution in [0.25, 0.3) is 22.5 Å². The average Bonchev–Trinajstić information content (AvgIpc) is 3.22. The molecule has 0 atom stereocenters. The van der Waals surface area contributed by atoms with Gasteiger partial charge in [-0.05, 0) is 20.3 Å². The number of imidazole rings is 1. The molecule has 2 heterocycles. The summed E-state index contributed by atoms with van der Waals surface area (Å²) in [5.74, 6) is 1.08. The maximum Gasteiger partial charge on any atom is 0.222 e. The normalized spacial score (nSPS) is 14.1. The number of aromatic amines is 1. The van der Waals surface area contributed by atoms with E-state index in [0.29, 0.717) is 32.7 Å². The maximum atomic E-state index is 12.3. The number of aromatic nitrogens is 2. The third kappa shape index (κ3) is 5.57. The van der Waals surface area contributed by atoms with Crippen LogP contribution in [0.5, 0.6) is 0 Å². The summed E-state index contributed by atoms with van der Waals surface area (Å²) in [5, 5.41) is 0.893. The Morgan fingerprint density at radius 3 is 2.26 bits per heavy atom. The highest BCUT2D eigenvalue weighted by Crippen LogP contribution is 2.33. The molecule has 6 heteroatoms. The molecule has 0 spiro atoms. The van der Waals surface area contributed by atoms with Crippen molar-refractivity contribution in [1.82, 2.24) is 14.9 Å². The quantitative estimate of drug-likeness (QED) is 0.415. The van der Waals surface area contributed by atoms with Crippen LogP contribution in [0.4, 0.5) is 0 Å². The van der Waals surface area contributed by atoms with Crippen LogP contribution < -0.4 is 0 Å². The minimum atomic E-state index is 0.226. The van der Waals surface area contributed by atoms with Gasteiger partial charge in [-0.15, -0.1) is 0 Å². The van der Waals surface area contributed by atoms with Crippen LogP contribution >= 0.6 is 11.8 Å². The molecule has 0 bridgehead atoms. The molecular weight excluding hydrogens is 406 g/mol. The van der Waals surface area contributed by atoms with E-state index in [1.165, 1.54) is 11.1 Å². The lowest BCUT2D eigenvalue weighted by Crippen LogP contribution is -2.40. The van der Waals surface area contributed by atoms with Crippen LogP contribution in [0.3, 0.4) is 0 Å². The number of hydrogen-bond donors (Lipinski definition) is 1. The Hall–Kier alpha value is -2.57. The van der Waals surface area contributed by atoms with Crippen molar-refractivity contribution in [3.05, 3.63) is 59.7 Å². The number of carbonyl (C=O) groups excluding carboxylic acids is 1. The van der Waals surface area contributed by atoms with E-state index in [1.807, 2.05) is 4.90 Å². The molecular formula is C25H29N3O2S. The molecule has 1 amide bonds. The van der Waals surface area contributed by atoms with Crippen molar-refractivity contribution in [3.8, 4) is 22.5 Å². The molecule has 0 saturated carbocycles.